The lowest BCUT2D eigenvalue weighted by molar-refractivity contribution is -0.113. The zero-order chi connectivity index (χ0) is 10.1. The fourth-order valence-electron chi connectivity index (χ4n) is 1.93. The van der Waals surface area contributed by atoms with E-state index < -0.39 is 0 Å². The molecule has 0 aromatic rings. The third kappa shape index (κ3) is 1.23. The van der Waals surface area contributed by atoms with E-state index in [1.54, 1.807) is 6.92 Å². The summed E-state index contributed by atoms with van der Waals surface area (Å²) >= 11 is 0. The highest BCUT2D eigenvalue weighted by Gasteiger charge is 2.29. The number of hydrogen-bond acceptors (Lipinski definition) is 2. The number of fused-ring (bicyclic) bond motifs is 1. The molecule has 0 saturated carbocycles. The van der Waals surface area contributed by atoms with Gasteiger partial charge >= 0.3 is 0 Å². The molecule has 2 heterocycles. The van der Waals surface area contributed by atoms with E-state index in [1.807, 2.05) is 30.5 Å². The van der Waals surface area contributed by atoms with Gasteiger partial charge in [0, 0.05) is 23.9 Å². The second-order valence-electron chi connectivity index (χ2n) is 3.54. The Hall–Kier alpha value is -1.57. The van der Waals surface area contributed by atoms with E-state index in [2.05, 4.69) is 11.5 Å². The number of Topliss-reactive ketones (excluding diaryl/α,β-unsaturated/α-hetero) is 1. The molecule has 0 bridgehead atoms. The maximum Gasteiger partial charge on any atom is 0.157 e. The van der Waals surface area contributed by atoms with Crippen LogP contribution >= 0.6 is 0 Å². The molecule has 2 aliphatic heterocycles. The molecular weight excluding hydrogens is 174 g/mol. The Balaban J connectivity index is 2.42. The van der Waals surface area contributed by atoms with Crippen molar-refractivity contribution in [3.05, 3.63) is 48.4 Å². The Morgan fingerprint density at radius 2 is 2.43 bits per heavy atom. The van der Waals surface area contributed by atoms with Gasteiger partial charge in [-0.15, -0.1) is 6.58 Å². The highest BCUT2D eigenvalue weighted by molar-refractivity contribution is 5.95. The van der Waals surface area contributed by atoms with Crippen LogP contribution in [-0.2, 0) is 4.79 Å². The molecule has 0 fully saturated rings. The maximum atomic E-state index is 11.4. The van der Waals surface area contributed by atoms with Gasteiger partial charge in [-0.2, -0.15) is 0 Å². The molecule has 2 heteroatoms. The highest BCUT2D eigenvalue weighted by atomic mass is 16.1. The standard InChI is InChI=1S/C12H13NO/c1-3-10-8-11(9(2)14)12-6-4-5-7-13(10)12/h3-7,10H,1,8H2,2H3/t10-/m0/s1. The number of nitrogens with zero attached hydrogens (tertiary/aromatic N) is 1. The fraction of sp³-hybridized carbons (Fsp3) is 0.250. The Labute approximate surface area is 83.9 Å². The van der Waals surface area contributed by atoms with Crippen LogP contribution in [0.5, 0.6) is 0 Å². The van der Waals surface area contributed by atoms with Crippen molar-refractivity contribution < 1.29 is 4.79 Å². The largest absolute Gasteiger partial charge is 0.340 e. The van der Waals surface area contributed by atoms with Crippen LogP contribution < -0.4 is 0 Å². The van der Waals surface area contributed by atoms with Crippen LogP contribution in [-0.4, -0.2) is 16.7 Å². The van der Waals surface area contributed by atoms with E-state index in [9.17, 15) is 4.79 Å². The van der Waals surface area contributed by atoms with Crippen LogP contribution in [0.25, 0.3) is 0 Å². The minimum Gasteiger partial charge on any atom is -0.340 e. The van der Waals surface area contributed by atoms with Crippen LogP contribution in [0.3, 0.4) is 0 Å². The van der Waals surface area contributed by atoms with E-state index in [0.29, 0.717) is 0 Å². The summed E-state index contributed by atoms with van der Waals surface area (Å²) in [6.45, 7) is 5.41. The van der Waals surface area contributed by atoms with Crippen molar-refractivity contribution in [2.45, 2.75) is 19.4 Å². The first-order valence-corrected chi connectivity index (χ1v) is 4.74. The fourth-order valence-corrected chi connectivity index (χ4v) is 1.93. The summed E-state index contributed by atoms with van der Waals surface area (Å²) in [5, 5.41) is 0. The van der Waals surface area contributed by atoms with Gasteiger partial charge in [-0.1, -0.05) is 12.2 Å². The zero-order valence-corrected chi connectivity index (χ0v) is 8.23. The SMILES string of the molecule is C=C[C@H]1CC(C(C)=O)=C2C=CC=CN21. The molecule has 0 aromatic carbocycles. The lowest BCUT2D eigenvalue weighted by atomic mass is 10.1. The van der Waals surface area contributed by atoms with Gasteiger partial charge in [0.25, 0.3) is 0 Å². The summed E-state index contributed by atoms with van der Waals surface area (Å²) in [6.07, 6.45) is 10.6. The van der Waals surface area contributed by atoms with Crippen molar-refractivity contribution >= 4 is 5.78 Å². The number of carbonyl (C=O) groups is 1. The molecule has 2 aliphatic rings. The Kier molecular flexibility index (Phi) is 2.12. The Morgan fingerprint density at radius 1 is 1.64 bits per heavy atom. The van der Waals surface area contributed by atoms with Crippen LogP contribution in [0.1, 0.15) is 13.3 Å². The number of allylic oxidation sites excluding steroid dienone is 3. The first kappa shape index (κ1) is 9.00. The minimum atomic E-state index is 0.161. The quantitative estimate of drug-likeness (QED) is 0.617. The smallest absolute Gasteiger partial charge is 0.157 e. The second kappa shape index (κ2) is 3.29. The highest BCUT2D eigenvalue weighted by Crippen LogP contribution is 2.32. The summed E-state index contributed by atoms with van der Waals surface area (Å²) in [5.74, 6) is 0.161. The number of rotatable bonds is 2. The molecule has 0 radical (unpaired) electrons. The van der Waals surface area contributed by atoms with Crippen LogP contribution in [0.15, 0.2) is 48.4 Å². The molecule has 0 aromatic heterocycles. The molecule has 14 heavy (non-hydrogen) atoms. The monoisotopic (exact) mass is 187 g/mol. The predicted molar refractivity (Wildman–Crippen MR) is 56.4 cm³/mol. The normalized spacial score (nSPS) is 24.1. The van der Waals surface area contributed by atoms with Gasteiger partial charge in [-0.05, 0) is 19.1 Å². The minimum absolute atomic E-state index is 0.161. The summed E-state index contributed by atoms with van der Waals surface area (Å²) in [5.41, 5.74) is 1.94. The molecule has 0 N–H and O–H groups in total. The van der Waals surface area contributed by atoms with E-state index in [0.717, 1.165) is 17.7 Å². The van der Waals surface area contributed by atoms with Crippen LogP contribution in [0, 0.1) is 0 Å². The third-order valence-electron chi connectivity index (χ3n) is 2.67. The van der Waals surface area contributed by atoms with Crippen molar-refractivity contribution in [2.24, 2.45) is 0 Å². The molecule has 0 aliphatic carbocycles. The lowest BCUT2D eigenvalue weighted by Crippen LogP contribution is -2.22. The molecule has 0 unspecified atom stereocenters. The predicted octanol–water partition coefficient (Wildman–Crippen LogP) is 2.17. The van der Waals surface area contributed by atoms with Gasteiger partial charge in [-0.3, -0.25) is 4.79 Å². The molecule has 0 spiro atoms. The number of carbonyl (C=O) groups excluding carboxylic acids is 1. The van der Waals surface area contributed by atoms with Crippen molar-refractivity contribution in [2.75, 3.05) is 0 Å². The van der Waals surface area contributed by atoms with Crippen molar-refractivity contribution in [3.8, 4) is 0 Å². The van der Waals surface area contributed by atoms with Gasteiger partial charge in [0.15, 0.2) is 5.78 Å². The van der Waals surface area contributed by atoms with Gasteiger partial charge in [0.05, 0.1) is 6.04 Å². The molecule has 72 valence electrons. The van der Waals surface area contributed by atoms with Crippen molar-refractivity contribution in [1.29, 1.82) is 0 Å². The molecule has 0 amide bonds. The Bertz CT molecular complexity index is 374. The summed E-state index contributed by atoms with van der Waals surface area (Å²) in [7, 11) is 0. The van der Waals surface area contributed by atoms with E-state index in [1.165, 1.54) is 0 Å². The van der Waals surface area contributed by atoms with Crippen LogP contribution in [0.4, 0.5) is 0 Å². The average molecular weight is 187 g/mol. The Morgan fingerprint density at radius 3 is 3.07 bits per heavy atom. The molecule has 1 atom stereocenters. The molecule has 0 saturated heterocycles. The first-order valence-electron chi connectivity index (χ1n) is 4.74. The van der Waals surface area contributed by atoms with Gasteiger partial charge in [0.1, 0.15) is 0 Å². The average Bonchev–Trinajstić information content (AvgIpc) is 2.56. The van der Waals surface area contributed by atoms with E-state index >= 15 is 0 Å². The lowest BCUT2D eigenvalue weighted by Gasteiger charge is -2.23. The molecule has 2 nitrogen and oxygen atoms in total. The summed E-state index contributed by atoms with van der Waals surface area (Å²) in [6, 6.07) is 0.241. The topological polar surface area (TPSA) is 20.3 Å². The zero-order valence-electron chi connectivity index (χ0n) is 8.23. The second-order valence-corrected chi connectivity index (χ2v) is 3.54. The van der Waals surface area contributed by atoms with E-state index in [-0.39, 0.29) is 11.8 Å². The number of hydrogen-bond donors (Lipinski definition) is 0. The van der Waals surface area contributed by atoms with Gasteiger partial charge in [-0.25, -0.2) is 0 Å². The van der Waals surface area contributed by atoms with Gasteiger partial charge < -0.3 is 4.90 Å². The van der Waals surface area contributed by atoms with Crippen molar-refractivity contribution in [3.63, 3.8) is 0 Å². The summed E-state index contributed by atoms with van der Waals surface area (Å²) in [4.78, 5) is 13.5. The summed E-state index contributed by atoms with van der Waals surface area (Å²) < 4.78 is 0. The van der Waals surface area contributed by atoms with Gasteiger partial charge in [0.2, 0.25) is 0 Å². The number of ketones is 1. The molecular formula is C12H13NO. The maximum absolute atomic E-state index is 11.4. The molecule has 2 rings (SSSR count). The van der Waals surface area contributed by atoms with Crippen LogP contribution in [0.2, 0.25) is 0 Å². The van der Waals surface area contributed by atoms with E-state index in [4.69, 9.17) is 0 Å². The first-order chi connectivity index (χ1) is 6.74. The third-order valence-corrected chi connectivity index (χ3v) is 2.67. The van der Waals surface area contributed by atoms with Crippen molar-refractivity contribution in [1.82, 2.24) is 4.90 Å².